The Kier molecular flexibility index (Phi) is 4.85. The number of anilines is 2. The fraction of sp³-hybridized carbons (Fsp3) is 0.733. The molecule has 0 saturated carbocycles. The summed E-state index contributed by atoms with van der Waals surface area (Å²) in [6.45, 7) is 6.40. The summed E-state index contributed by atoms with van der Waals surface area (Å²) in [5, 5.41) is 0. The lowest BCUT2D eigenvalue weighted by Gasteiger charge is -2.37. The summed E-state index contributed by atoms with van der Waals surface area (Å²) in [5.41, 5.74) is 0. The predicted octanol–water partition coefficient (Wildman–Crippen LogP) is 1.89. The highest BCUT2D eigenvalue weighted by Gasteiger charge is 2.27. The minimum absolute atomic E-state index is 0.295. The molecule has 3 heterocycles. The number of aromatic nitrogens is 2. The molecule has 6 heteroatoms. The van der Waals surface area contributed by atoms with E-state index in [2.05, 4.69) is 32.8 Å². The van der Waals surface area contributed by atoms with Crippen LogP contribution in [0.3, 0.4) is 0 Å². The van der Waals surface area contributed by atoms with Crippen molar-refractivity contribution in [3.8, 4) is 0 Å². The Morgan fingerprint density at radius 1 is 1.14 bits per heavy atom. The van der Waals surface area contributed by atoms with Crippen molar-refractivity contribution < 1.29 is 4.74 Å². The maximum atomic E-state index is 5.60. The van der Waals surface area contributed by atoms with E-state index in [1.165, 1.54) is 11.5 Å². The van der Waals surface area contributed by atoms with Gasteiger partial charge in [-0.3, -0.25) is 0 Å². The molecule has 21 heavy (non-hydrogen) atoms. The zero-order valence-electron chi connectivity index (χ0n) is 12.9. The van der Waals surface area contributed by atoms with Gasteiger partial charge in [-0.15, -0.1) is 0 Å². The lowest BCUT2D eigenvalue weighted by Crippen LogP contribution is -2.44. The van der Waals surface area contributed by atoms with Crippen LogP contribution in [0.2, 0.25) is 0 Å². The van der Waals surface area contributed by atoms with Crippen LogP contribution in [-0.4, -0.2) is 60.9 Å². The van der Waals surface area contributed by atoms with Gasteiger partial charge in [-0.05, 0) is 12.3 Å². The van der Waals surface area contributed by atoms with Crippen molar-refractivity contribution >= 4 is 23.4 Å². The van der Waals surface area contributed by atoms with Crippen LogP contribution in [-0.2, 0) is 4.74 Å². The Hall–Kier alpha value is -1.01. The normalized spacial score (nSPS) is 27.0. The molecule has 1 aromatic heterocycles. The van der Waals surface area contributed by atoms with Gasteiger partial charge in [0.2, 0.25) is 0 Å². The fourth-order valence-electron chi connectivity index (χ4n) is 3.02. The van der Waals surface area contributed by atoms with E-state index in [1.807, 2.05) is 18.9 Å². The first-order valence-corrected chi connectivity index (χ1v) is 8.86. The maximum absolute atomic E-state index is 5.60. The Labute approximate surface area is 131 Å². The van der Waals surface area contributed by atoms with Gasteiger partial charge in [-0.2, -0.15) is 11.8 Å². The lowest BCUT2D eigenvalue weighted by molar-refractivity contribution is 0.0496. The second-order valence-electron chi connectivity index (χ2n) is 5.82. The molecule has 0 aliphatic carbocycles. The van der Waals surface area contributed by atoms with Crippen molar-refractivity contribution in [2.75, 3.05) is 54.6 Å². The molecule has 0 radical (unpaired) electrons. The van der Waals surface area contributed by atoms with Crippen molar-refractivity contribution in [2.45, 2.75) is 19.4 Å². The van der Waals surface area contributed by atoms with Crippen molar-refractivity contribution in [1.29, 1.82) is 0 Å². The monoisotopic (exact) mass is 308 g/mol. The number of hydrogen-bond acceptors (Lipinski definition) is 6. The van der Waals surface area contributed by atoms with E-state index >= 15 is 0 Å². The van der Waals surface area contributed by atoms with Crippen LogP contribution in [0.15, 0.2) is 12.4 Å². The molecular weight excluding hydrogens is 284 g/mol. The van der Waals surface area contributed by atoms with Crippen LogP contribution < -0.4 is 9.80 Å². The van der Waals surface area contributed by atoms with Gasteiger partial charge in [0.1, 0.15) is 18.0 Å². The number of methoxy groups -OCH3 is 1. The SMILES string of the molecule is CO[C@H]1CN(c2cc(N3CCSCC3)ncn2)CC[C@H]1C. The van der Waals surface area contributed by atoms with E-state index in [0.717, 1.165) is 44.2 Å². The molecule has 2 saturated heterocycles. The summed E-state index contributed by atoms with van der Waals surface area (Å²) in [6, 6.07) is 2.14. The molecule has 0 bridgehead atoms. The maximum Gasteiger partial charge on any atom is 0.134 e. The zero-order chi connectivity index (χ0) is 14.7. The number of ether oxygens (including phenoxy) is 1. The Morgan fingerprint density at radius 3 is 2.57 bits per heavy atom. The first-order chi connectivity index (χ1) is 10.3. The van der Waals surface area contributed by atoms with E-state index in [9.17, 15) is 0 Å². The Morgan fingerprint density at radius 2 is 1.86 bits per heavy atom. The van der Waals surface area contributed by atoms with Crippen LogP contribution in [0.1, 0.15) is 13.3 Å². The number of nitrogens with zero attached hydrogens (tertiary/aromatic N) is 4. The third-order valence-electron chi connectivity index (χ3n) is 4.49. The highest BCUT2D eigenvalue weighted by Crippen LogP contribution is 2.26. The van der Waals surface area contributed by atoms with Gasteiger partial charge in [-0.1, -0.05) is 6.92 Å². The van der Waals surface area contributed by atoms with Crippen LogP contribution in [0.25, 0.3) is 0 Å². The van der Waals surface area contributed by atoms with Crippen molar-refractivity contribution in [3.05, 3.63) is 12.4 Å². The first kappa shape index (κ1) is 14.9. The minimum Gasteiger partial charge on any atom is -0.379 e. The van der Waals surface area contributed by atoms with Crippen molar-refractivity contribution in [2.24, 2.45) is 5.92 Å². The molecule has 116 valence electrons. The number of rotatable bonds is 3. The van der Waals surface area contributed by atoms with Crippen LogP contribution in [0.4, 0.5) is 11.6 Å². The average Bonchev–Trinajstić information content (AvgIpc) is 2.56. The van der Waals surface area contributed by atoms with Gasteiger partial charge in [0.05, 0.1) is 6.10 Å². The van der Waals surface area contributed by atoms with E-state index < -0.39 is 0 Å². The average molecular weight is 308 g/mol. The molecule has 0 unspecified atom stereocenters. The lowest BCUT2D eigenvalue weighted by atomic mass is 9.96. The molecule has 0 N–H and O–H groups in total. The third-order valence-corrected chi connectivity index (χ3v) is 5.43. The molecular formula is C15H24N4OS. The molecule has 2 atom stereocenters. The van der Waals surface area contributed by atoms with Crippen LogP contribution in [0.5, 0.6) is 0 Å². The quantitative estimate of drug-likeness (QED) is 0.849. The van der Waals surface area contributed by atoms with Gasteiger partial charge >= 0.3 is 0 Å². The summed E-state index contributed by atoms with van der Waals surface area (Å²) in [7, 11) is 1.81. The summed E-state index contributed by atoms with van der Waals surface area (Å²) >= 11 is 2.02. The summed E-state index contributed by atoms with van der Waals surface area (Å²) in [6.07, 6.45) is 3.15. The van der Waals surface area contributed by atoms with E-state index in [0.29, 0.717) is 12.0 Å². The molecule has 2 aliphatic heterocycles. The van der Waals surface area contributed by atoms with Crippen LogP contribution in [0, 0.1) is 5.92 Å². The molecule has 0 amide bonds. The van der Waals surface area contributed by atoms with E-state index in [1.54, 1.807) is 6.33 Å². The highest BCUT2D eigenvalue weighted by molar-refractivity contribution is 7.99. The molecule has 0 spiro atoms. The number of hydrogen-bond donors (Lipinski definition) is 0. The second-order valence-corrected chi connectivity index (χ2v) is 7.04. The van der Waals surface area contributed by atoms with E-state index in [-0.39, 0.29) is 0 Å². The van der Waals surface area contributed by atoms with Crippen molar-refractivity contribution in [1.82, 2.24) is 9.97 Å². The fourth-order valence-corrected chi connectivity index (χ4v) is 3.93. The summed E-state index contributed by atoms with van der Waals surface area (Å²) in [5.74, 6) is 5.09. The standard InChI is InChI=1S/C15H24N4OS/c1-12-3-4-19(10-13(12)20-2)15-9-14(16-11-17-15)18-5-7-21-8-6-18/h9,11-13H,3-8,10H2,1-2H3/t12-,13+/m1/s1. The second kappa shape index (κ2) is 6.83. The molecule has 2 fully saturated rings. The summed E-state index contributed by atoms with van der Waals surface area (Å²) in [4.78, 5) is 13.6. The topological polar surface area (TPSA) is 41.5 Å². The molecule has 1 aromatic rings. The van der Waals surface area contributed by atoms with Gasteiger partial charge in [0.25, 0.3) is 0 Å². The van der Waals surface area contributed by atoms with Crippen LogP contribution >= 0.6 is 11.8 Å². The highest BCUT2D eigenvalue weighted by atomic mass is 32.2. The zero-order valence-corrected chi connectivity index (χ0v) is 13.7. The van der Waals surface area contributed by atoms with Gasteiger partial charge in [0.15, 0.2) is 0 Å². The first-order valence-electron chi connectivity index (χ1n) is 7.70. The van der Waals surface area contributed by atoms with Gasteiger partial charge in [0, 0.05) is 50.9 Å². The molecule has 0 aromatic carbocycles. The largest absolute Gasteiger partial charge is 0.379 e. The van der Waals surface area contributed by atoms with Gasteiger partial charge < -0.3 is 14.5 Å². The molecule has 3 rings (SSSR count). The van der Waals surface area contributed by atoms with Gasteiger partial charge in [-0.25, -0.2) is 9.97 Å². The Balaban J connectivity index is 1.73. The number of piperidine rings is 1. The minimum atomic E-state index is 0.295. The Bertz CT molecular complexity index is 467. The summed E-state index contributed by atoms with van der Waals surface area (Å²) < 4.78 is 5.60. The molecule has 5 nitrogen and oxygen atoms in total. The predicted molar refractivity (Wildman–Crippen MR) is 88.4 cm³/mol. The number of thioether (sulfide) groups is 1. The van der Waals surface area contributed by atoms with E-state index in [4.69, 9.17) is 4.74 Å². The smallest absolute Gasteiger partial charge is 0.134 e. The van der Waals surface area contributed by atoms with Crippen molar-refractivity contribution in [3.63, 3.8) is 0 Å². The molecule has 2 aliphatic rings. The third kappa shape index (κ3) is 3.43.